The van der Waals surface area contributed by atoms with E-state index in [2.05, 4.69) is 5.32 Å². The zero-order valence-electron chi connectivity index (χ0n) is 11.6. The highest BCUT2D eigenvalue weighted by atomic mass is 19.4. The molecule has 1 aliphatic rings. The van der Waals surface area contributed by atoms with Gasteiger partial charge in [0.2, 0.25) is 0 Å². The summed E-state index contributed by atoms with van der Waals surface area (Å²) in [6.07, 6.45) is -5.76. The molecule has 0 spiro atoms. The maximum absolute atomic E-state index is 13.4. The van der Waals surface area contributed by atoms with Crippen molar-refractivity contribution >= 4 is 5.69 Å². The number of hydrogen-bond acceptors (Lipinski definition) is 4. The van der Waals surface area contributed by atoms with Gasteiger partial charge in [-0.25, -0.2) is 4.39 Å². The van der Waals surface area contributed by atoms with Gasteiger partial charge in [0.15, 0.2) is 0 Å². The molecule has 1 N–H and O–H groups in total. The normalized spacial score (nSPS) is 18.2. The smallest absolute Gasteiger partial charge is 0.314 e. The third-order valence-electron chi connectivity index (χ3n) is 3.56. The van der Waals surface area contributed by atoms with Crippen LogP contribution >= 0.6 is 0 Å². The van der Waals surface area contributed by atoms with E-state index >= 15 is 0 Å². The number of hydrogen-bond donors (Lipinski definition) is 1. The van der Waals surface area contributed by atoms with E-state index in [1.165, 1.54) is 4.90 Å². The van der Waals surface area contributed by atoms with Crippen LogP contribution in [0.5, 0.6) is 0 Å². The molecule has 0 radical (unpaired) electrons. The highest BCUT2D eigenvalue weighted by Crippen LogP contribution is 2.38. The molecule has 9 heteroatoms. The summed E-state index contributed by atoms with van der Waals surface area (Å²) in [6, 6.07) is 1.36. The molecule has 0 aromatic heterocycles. The molecule has 5 nitrogen and oxygen atoms in total. The quantitative estimate of drug-likeness (QED) is 0.526. The molecule has 2 rings (SSSR count). The molecule has 1 fully saturated rings. The summed E-state index contributed by atoms with van der Waals surface area (Å²) in [5, 5.41) is 14.1. The van der Waals surface area contributed by atoms with Gasteiger partial charge in [-0.05, 0) is 12.1 Å². The summed E-state index contributed by atoms with van der Waals surface area (Å²) in [6.45, 7) is 1.60. The molecule has 1 heterocycles. The van der Waals surface area contributed by atoms with E-state index in [-0.39, 0.29) is 5.56 Å². The number of alkyl halides is 3. The fraction of sp³-hybridized carbons (Fsp3) is 0.538. The number of halogens is 4. The molecule has 1 aliphatic heterocycles. The number of nitro benzene ring substituents is 1. The van der Waals surface area contributed by atoms with E-state index < -0.39 is 35.1 Å². The molecular weight excluding hydrogens is 306 g/mol. The standard InChI is InChI=1S/C13H15F4N3O2/c14-9-1-2-11(20(21)22)10(7-9)12(8-13(15,16)17)19-5-3-18-4-6-19/h1-2,7,12,18H,3-6,8H2/t12-/m0/s1. The van der Waals surface area contributed by atoms with Crippen molar-refractivity contribution in [1.29, 1.82) is 0 Å². The summed E-state index contributed by atoms with van der Waals surface area (Å²) in [5.74, 6) is -0.789. The number of nitrogens with zero attached hydrogens (tertiary/aromatic N) is 2. The minimum Gasteiger partial charge on any atom is -0.314 e. The molecule has 1 aromatic carbocycles. The monoisotopic (exact) mass is 321 g/mol. The van der Waals surface area contributed by atoms with Crippen LogP contribution in [0.2, 0.25) is 0 Å². The molecule has 1 aromatic rings. The Hall–Kier alpha value is -1.74. The Bertz CT molecular complexity index is 545. The summed E-state index contributed by atoms with van der Waals surface area (Å²) in [5.41, 5.74) is -0.724. The Balaban J connectivity index is 2.43. The zero-order valence-corrected chi connectivity index (χ0v) is 11.6. The van der Waals surface area contributed by atoms with Crippen molar-refractivity contribution < 1.29 is 22.5 Å². The number of rotatable bonds is 4. The molecule has 0 aliphatic carbocycles. The van der Waals surface area contributed by atoms with Gasteiger partial charge >= 0.3 is 6.18 Å². The lowest BCUT2D eigenvalue weighted by Gasteiger charge is -2.35. The van der Waals surface area contributed by atoms with Crippen LogP contribution in [0.3, 0.4) is 0 Å². The van der Waals surface area contributed by atoms with Crippen LogP contribution in [0.15, 0.2) is 18.2 Å². The average molecular weight is 321 g/mol. The van der Waals surface area contributed by atoms with Gasteiger partial charge in [-0.3, -0.25) is 15.0 Å². The lowest BCUT2D eigenvalue weighted by Crippen LogP contribution is -2.46. The van der Waals surface area contributed by atoms with Crippen LogP contribution < -0.4 is 5.32 Å². The van der Waals surface area contributed by atoms with Crippen LogP contribution in [0.1, 0.15) is 18.0 Å². The van der Waals surface area contributed by atoms with Crippen molar-refractivity contribution in [3.05, 3.63) is 39.7 Å². The second-order valence-electron chi connectivity index (χ2n) is 5.08. The van der Waals surface area contributed by atoms with Crippen LogP contribution in [0, 0.1) is 15.9 Å². The number of piperazine rings is 1. The van der Waals surface area contributed by atoms with E-state index in [4.69, 9.17) is 0 Å². The SMILES string of the molecule is O=[N+]([O-])c1ccc(F)cc1[C@H](CC(F)(F)F)N1CCNCC1. The Morgan fingerprint density at radius 1 is 1.32 bits per heavy atom. The molecule has 0 amide bonds. The third-order valence-corrected chi connectivity index (χ3v) is 3.56. The summed E-state index contributed by atoms with van der Waals surface area (Å²) < 4.78 is 52.1. The van der Waals surface area contributed by atoms with E-state index in [9.17, 15) is 27.7 Å². The van der Waals surface area contributed by atoms with E-state index in [1.54, 1.807) is 0 Å². The van der Waals surface area contributed by atoms with E-state index in [1.807, 2.05) is 0 Å². The first-order valence-electron chi connectivity index (χ1n) is 6.73. The fourth-order valence-electron chi connectivity index (χ4n) is 2.61. The summed E-state index contributed by atoms with van der Waals surface area (Å²) >= 11 is 0. The van der Waals surface area contributed by atoms with Crippen molar-refractivity contribution in [3.8, 4) is 0 Å². The van der Waals surface area contributed by atoms with E-state index in [0.717, 1.165) is 18.2 Å². The summed E-state index contributed by atoms with van der Waals surface area (Å²) in [4.78, 5) is 11.8. The van der Waals surface area contributed by atoms with Crippen molar-refractivity contribution in [2.45, 2.75) is 18.6 Å². The number of benzene rings is 1. The third kappa shape index (κ3) is 4.14. The largest absolute Gasteiger partial charge is 0.390 e. The number of nitro groups is 1. The van der Waals surface area contributed by atoms with Crippen molar-refractivity contribution in [2.24, 2.45) is 0 Å². The molecule has 122 valence electrons. The van der Waals surface area contributed by atoms with E-state index in [0.29, 0.717) is 26.2 Å². The molecule has 0 saturated carbocycles. The Morgan fingerprint density at radius 2 is 1.95 bits per heavy atom. The average Bonchev–Trinajstić information content (AvgIpc) is 2.44. The fourth-order valence-corrected chi connectivity index (χ4v) is 2.61. The van der Waals surface area contributed by atoms with Crippen molar-refractivity contribution in [2.75, 3.05) is 26.2 Å². The van der Waals surface area contributed by atoms with Gasteiger partial charge in [-0.15, -0.1) is 0 Å². The van der Waals surface area contributed by atoms with Crippen molar-refractivity contribution in [3.63, 3.8) is 0 Å². The molecule has 0 bridgehead atoms. The molecular formula is C13H15F4N3O2. The second-order valence-corrected chi connectivity index (χ2v) is 5.08. The molecule has 1 saturated heterocycles. The van der Waals surface area contributed by atoms with Gasteiger partial charge in [0.25, 0.3) is 5.69 Å². The maximum Gasteiger partial charge on any atom is 0.390 e. The van der Waals surface area contributed by atoms with Crippen LogP contribution in [-0.2, 0) is 0 Å². The lowest BCUT2D eigenvalue weighted by molar-refractivity contribution is -0.386. The maximum atomic E-state index is 13.4. The molecule has 1 atom stereocenters. The van der Waals surface area contributed by atoms with Gasteiger partial charge in [-0.1, -0.05) is 0 Å². The topological polar surface area (TPSA) is 58.4 Å². The van der Waals surface area contributed by atoms with Gasteiger partial charge in [0, 0.05) is 32.2 Å². The molecule has 22 heavy (non-hydrogen) atoms. The second kappa shape index (κ2) is 6.57. The predicted molar refractivity (Wildman–Crippen MR) is 70.9 cm³/mol. The van der Waals surface area contributed by atoms with Crippen LogP contribution in [0.4, 0.5) is 23.2 Å². The Labute approximate surface area is 124 Å². The first-order valence-corrected chi connectivity index (χ1v) is 6.73. The lowest BCUT2D eigenvalue weighted by atomic mass is 9.98. The minimum atomic E-state index is -4.50. The molecule has 0 unspecified atom stereocenters. The first kappa shape index (κ1) is 16.6. The Morgan fingerprint density at radius 3 is 2.50 bits per heavy atom. The van der Waals surface area contributed by atoms with Gasteiger partial charge in [-0.2, -0.15) is 13.2 Å². The highest BCUT2D eigenvalue weighted by Gasteiger charge is 2.38. The minimum absolute atomic E-state index is 0.232. The predicted octanol–water partition coefficient (Wildman–Crippen LogP) is 2.63. The zero-order chi connectivity index (χ0) is 16.3. The number of nitrogens with one attached hydrogen (secondary N) is 1. The van der Waals surface area contributed by atoms with Crippen LogP contribution in [-0.4, -0.2) is 42.2 Å². The van der Waals surface area contributed by atoms with Gasteiger partial charge in [0.05, 0.1) is 22.9 Å². The van der Waals surface area contributed by atoms with Gasteiger partial charge in [0.1, 0.15) is 5.82 Å². The highest BCUT2D eigenvalue weighted by molar-refractivity contribution is 5.42. The Kier molecular flexibility index (Phi) is 4.97. The summed E-state index contributed by atoms with van der Waals surface area (Å²) in [7, 11) is 0. The van der Waals surface area contributed by atoms with Crippen molar-refractivity contribution in [1.82, 2.24) is 10.2 Å². The van der Waals surface area contributed by atoms with Gasteiger partial charge < -0.3 is 5.32 Å². The first-order chi connectivity index (χ1) is 10.3. The van der Waals surface area contributed by atoms with Crippen LogP contribution in [0.25, 0.3) is 0 Å².